The first-order valence-corrected chi connectivity index (χ1v) is 6.19. The van der Waals surface area contributed by atoms with Gasteiger partial charge >= 0.3 is 0 Å². The Labute approximate surface area is 109 Å². The molecule has 0 aliphatic rings. The lowest BCUT2D eigenvalue weighted by Gasteiger charge is -2.18. The Kier molecular flexibility index (Phi) is 5.78. The van der Waals surface area contributed by atoms with Crippen LogP contribution in [-0.2, 0) is 4.74 Å². The Hall–Kier alpha value is -1.42. The third-order valence-electron chi connectivity index (χ3n) is 2.70. The van der Waals surface area contributed by atoms with Crippen LogP contribution >= 0.6 is 0 Å². The molecule has 0 radical (unpaired) electrons. The van der Waals surface area contributed by atoms with E-state index in [9.17, 15) is 0 Å². The third-order valence-corrected chi connectivity index (χ3v) is 2.70. The van der Waals surface area contributed by atoms with E-state index < -0.39 is 0 Å². The van der Waals surface area contributed by atoms with Gasteiger partial charge in [0.2, 0.25) is 0 Å². The smallest absolute Gasteiger partial charge is 0.162 e. The van der Waals surface area contributed by atoms with E-state index >= 15 is 0 Å². The number of methoxy groups -OCH3 is 2. The first-order chi connectivity index (χ1) is 8.62. The lowest BCUT2D eigenvalue weighted by molar-refractivity contribution is 0.141. The van der Waals surface area contributed by atoms with Gasteiger partial charge in [-0.15, -0.1) is 0 Å². The van der Waals surface area contributed by atoms with Crippen molar-refractivity contribution in [3.63, 3.8) is 0 Å². The normalized spacial score (nSPS) is 12.1. The zero-order chi connectivity index (χ0) is 13.5. The molecule has 0 aromatic heterocycles. The summed E-state index contributed by atoms with van der Waals surface area (Å²) in [6.07, 6.45) is 0. The zero-order valence-corrected chi connectivity index (χ0v) is 11.9. The Morgan fingerprint density at radius 2 is 1.78 bits per heavy atom. The maximum Gasteiger partial charge on any atom is 0.162 e. The fraction of sp³-hybridized carbons (Fsp3) is 0.571. The van der Waals surface area contributed by atoms with Gasteiger partial charge in [0.1, 0.15) is 0 Å². The first kappa shape index (κ1) is 14.6. The number of rotatable bonds is 7. The second kappa shape index (κ2) is 7.11. The van der Waals surface area contributed by atoms with E-state index in [2.05, 4.69) is 12.2 Å². The van der Waals surface area contributed by atoms with Gasteiger partial charge in [0.05, 0.1) is 20.8 Å². The Morgan fingerprint density at radius 3 is 2.33 bits per heavy atom. The second-order valence-electron chi connectivity index (χ2n) is 4.23. The molecule has 0 spiro atoms. The van der Waals surface area contributed by atoms with Crippen LogP contribution in [-0.4, -0.2) is 33.5 Å². The maximum atomic E-state index is 5.39. The Bertz CT molecular complexity index is 380. The summed E-state index contributed by atoms with van der Waals surface area (Å²) < 4.78 is 16.0. The SMILES string of the molecule is CCOCC(C)Nc1cc(OC)c(OC)cc1C. The molecule has 0 fully saturated rings. The van der Waals surface area contributed by atoms with Crippen LogP contribution in [0.3, 0.4) is 0 Å². The van der Waals surface area contributed by atoms with Crippen LogP contribution in [0.5, 0.6) is 11.5 Å². The minimum atomic E-state index is 0.252. The largest absolute Gasteiger partial charge is 0.493 e. The highest BCUT2D eigenvalue weighted by Gasteiger charge is 2.10. The lowest BCUT2D eigenvalue weighted by atomic mass is 10.1. The van der Waals surface area contributed by atoms with Crippen molar-refractivity contribution < 1.29 is 14.2 Å². The standard InChI is InChI=1S/C14H23NO3/c1-6-18-9-11(3)15-12-8-14(17-5)13(16-4)7-10(12)2/h7-8,11,15H,6,9H2,1-5H3. The van der Waals surface area contributed by atoms with Crippen molar-refractivity contribution in [1.82, 2.24) is 0 Å². The number of benzene rings is 1. The van der Waals surface area contributed by atoms with E-state index in [1.807, 2.05) is 26.0 Å². The van der Waals surface area contributed by atoms with Crippen LogP contribution < -0.4 is 14.8 Å². The molecule has 1 rings (SSSR count). The van der Waals surface area contributed by atoms with E-state index in [1.165, 1.54) is 0 Å². The molecule has 0 aliphatic carbocycles. The molecule has 4 heteroatoms. The average molecular weight is 253 g/mol. The second-order valence-corrected chi connectivity index (χ2v) is 4.23. The molecule has 0 aliphatic heterocycles. The minimum absolute atomic E-state index is 0.252. The van der Waals surface area contributed by atoms with Gasteiger partial charge < -0.3 is 19.5 Å². The van der Waals surface area contributed by atoms with Gasteiger partial charge in [-0.05, 0) is 32.4 Å². The summed E-state index contributed by atoms with van der Waals surface area (Å²) in [6.45, 7) is 7.54. The van der Waals surface area contributed by atoms with Crippen LogP contribution in [0, 0.1) is 6.92 Å². The fourth-order valence-corrected chi connectivity index (χ4v) is 1.74. The molecule has 0 saturated carbocycles. The molecule has 0 saturated heterocycles. The number of hydrogen-bond acceptors (Lipinski definition) is 4. The van der Waals surface area contributed by atoms with Gasteiger partial charge in [-0.2, -0.15) is 0 Å². The van der Waals surface area contributed by atoms with Gasteiger partial charge in [-0.25, -0.2) is 0 Å². The third kappa shape index (κ3) is 3.81. The van der Waals surface area contributed by atoms with Gasteiger partial charge in [-0.1, -0.05) is 0 Å². The van der Waals surface area contributed by atoms with Crippen molar-refractivity contribution in [2.24, 2.45) is 0 Å². The molecule has 4 nitrogen and oxygen atoms in total. The van der Waals surface area contributed by atoms with Crippen molar-refractivity contribution in [3.05, 3.63) is 17.7 Å². The summed E-state index contributed by atoms with van der Waals surface area (Å²) in [6, 6.07) is 4.17. The predicted molar refractivity (Wildman–Crippen MR) is 73.9 cm³/mol. The molecule has 1 atom stereocenters. The lowest BCUT2D eigenvalue weighted by Crippen LogP contribution is -2.22. The molecule has 0 bridgehead atoms. The van der Waals surface area contributed by atoms with E-state index in [0.29, 0.717) is 6.61 Å². The molecular formula is C14H23NO3. The summed E-state index contributed by atoms with van der Waals surface area (Å²) in [5.74, 6) is 1.48. The molecule has 0 heterocycles. The van der Waals surface area contributed by atoms with Crippen LogP contribution in [0.4, 0.5) is 5.69 Å². The van der Waals surface area contributed by atoms with Gasteiger partial charge in [0.15, 0.2) is 11.5 Å². The fourth-order valence-electron chi connectivity index (χ4n) is 1.74. The topological polar surface area (TPSA) is 39.7 Å². The van der Waals surface area contributed by atoms with Crippen LogP contribution in [0.2, 0.25) is 0 Å². The molecule has 1 unspecified atom stereocenters. The molecular weight excluding hydrogens is 230 g/mol. The highest BCUT2D eigenvalue weighted by molar-refractivity contribution is 5.60. The maximum absolute atomic E-state index is 5.39. The van der Waals surface area contributed by atoms with E-state index in [0.717, 1.165) is 29.4 Å². The monoisotopic (exact) mass is 253 g/mol. The van der Waals surface area contributed by atoms with Crippen LogP contribution in [0.15, 0.2) is 12.1 Å². The predicted octanol–water partition coefficient (Wildman–Crippen LogP) is 2.85. The summed E-state index contributed by atoms with van der Waals surface area (Å²) in [5, 5.41) is 3.41. The van der Waals surface area contributed by atoms with Crippen LogP contribution in [0.1, 0.15) is 19.4 Å². The Balaban J connectivity index is 2.82. The summed E-state index contributed by atoms with van der Waals surface area (Å²) in [5.41, 5.74) is 2.16. The van der Waals surface area contributed by atoms with Crippen molar-refractivity contribution in [2.75, 3.05) is 32.8 Å². The van der Waals surface area contributed by atoms with Crippen LogP contribution in [0.25, 0.3) is 0 Å². The quantitative estimate of drug-likeness (QED) is 0.811. The number of aryl methyl sites for hydroxylation is 1. The number of nitrogens with one attached hydrogen (secondary N) is 1. The molecule has 1 N–H and O–H groups in total. The average Bonchev–Trinajstić information content (AvgIpc) is 2.38. The summed E-state index contributed by atoms with van der Waals surface area (Å²) in [4.78, 5) is 0. The summed E-state index contributed by atoms with van der Waals surface area (Å²) >= 11 is 0. The minimum Gasteiger partial charge on any atom is -0.493 e. The number of ether oxygens (including phenoxy) is 3. The highest BCUT2D eigenvalue weighted by atomic mass is 16.5. The summed E-state index contributed by atoms with van der Waals surface area (Å²) in [7, 11) is 3.28. The van der Waals surface area contributed by atoms with E-state index in [4.69, 9.17) is 14.2 Å². The molecule has 18 heavy (non-hydrogen) atoms. The number of hydrogen-bond donors (Lipinski definition) is 1. The van der Waals surface area contributed by atoms with E-state index in [1.54, 1.807) is 14.2 Å². The van der Waals surface area contributed by atoms with Crippen molar-refractivity contribution >= 4 is 5.69 Å². The molecule has 102 valence electrons. The van der Waals surface area contributed by atoms with Crippen molar-refractivity contribution in [2.45, 2.75) is 26.8 Å². The molecule has 0 amide bonds. The highest BCUT2D eigenvalue weighted by Crippen LogP contribution is 2.33. The zero-order valence-electron chi connectivity index (χ0n) is 11.9. The van der Waals surface area contributed by atoms with Gasteiger partial charge in [0, 0.05) is 24.4 Å². The molecule has 1 aromatic carbocycles. The van der Waals surface area contributed by atoms with Gasteiger partial charge in [-0.3, -0.25) is 0 Å². The molecule has 1 aromatic rings. The first-order valence-electron chi connectivity index (χ1n) is 6.19. The van der Waals surface area contributed by atoms with E-state index in [-0.39, 0.29) is 6.04 Å². The van der Waals surface area contributed by atoms with Crippen molar-refractivity contribution in [3.8, 4) is 11.5 Å². The Morgan fingerprint density at radius 1 is 1.17 bits per heavy atom. The number of anilines is 1. The van der Waals surface area contributed by atoms with Gasteiger partial charge in [0.25, 0.3) is 0 Å². The van der Waals surface area contributed by atoms with Crippen molar-refractivity contribution in [1.29, 1.82) is 0 Å².